The van der Waals surface area contributed by atoms with Gasteiger partial charge in [0.15, 0.2) is 0 Å². The van der Waals surface area contributed by atoms with Crippen LogP contribution in [0.2, 0.25) is 0 Å². The summed E-state index contributed by atoms with van der Waals surface area (Å²) < 4.78 is 0. The molecule has 37 heavy (non-hydrogen) atoms. The van der Waals surface area contributed by atoms with E-state index in [4.69, 9.17) is 0 Å². The van der Waals surface area contributed by atoms with E-state index < -0.39 is 0 Å². The lowest BCUT2D eigenvalue weighted by Gasteiger charge is -2.36. The van der Waals surface area contributed by atoms with E-state index in [1.165, 1.54) is 0 Å². The number of amides is 3. The molecule has 0 aliphatic carbocycles. The molecule has 0 bridgehead atoms. The number of piperazine rings is 1. The monoisotopic (exact) mass is 498 g/mol. The molecule has 0 atom stereocenters. The molecule has 7 heteroatoms. The first-order chi connectivity index (χ1) is 17.9. The predicted octanol–water partition coefficient (Wildman–Crippen LogP) is 4.33. The molecule has 0 spiro atoms. The smallest absolute Gasteiger partial charge is 0.253 e. The van der Waals surface area contributed by atoms with Gasteiger partial charge in [-0.3, -0.25) is 14.4 Å². The fraction of sp³-hybridized carbons (Fsp3) is 0.300. The Morgan fingerprint density at radius 1 is 0.838 bits per heavy atom. The molecule has 1 aliphatic rings. The number of carbonyl (C=O) groups excluding carboxylic acids is 3. The lowest BCUT2D eigenvalue weighted by Crippen LogP contribution is -2.48. The Hall–Kier alpha value is -4.13. The SMILES string of the molecule is CCC(=O)N(CC(=O)Nc1ccc(N2CCN(C(=O)c3ccc(C)cc3)CC2)cc1)Cc1ccccc1. The van der Waals surface area contributed by atoms with Crippen LogP contribution in [0.5, 0.6) is 0 Å². The van der Waals surface area contributed by atoms with Crippen molar-refractivity contribution in [3.8, 4) is 0 Å². The van der Waals surface area contributed by atoms with Crippen LogP contribution in [0.25, 0.3) is 0 Å². The van der Waals surface area contributed by atoms with Gasteiger partial charge in [0, 0.05) is 56.1 Å². The maximum atomic E-state index is 12.8. The number of anilines is 2. The highest BCUT2D eigenvalue weighted by Gasteiger charge is 2.22. The molecule has 0 radical (unpaired) electrons. The minimum Gasteiger partial charge on any atom is -0.368 e. The minimum absolute atomic E-state index is 0.000288. The maximum Gasteiger partial charge on any atom is 0.253 e. The fourth-order valence-corrected chi connectivity index (χ4v) is 4.44. The second-order valence-corrected chi connectivity index (χ2v) is 9.33. The van der Waals surface area contributed by atoms with Crippen molar-refractivity contribution in [2.24, 2.45) is 0 Å². The number of hydrogen-bond donors (Lipinski definition) is 1. The first kappa shape index (κ1) is 25.9. The summed E-state index contributed by atoms with van der Waals surface area (Å²) in [6.45, 7) is 7.03. The summed E-state index contributed by atoms with van der Waals surface area (Å²) in [5, 5.41) is 2.91. The first-order valence-electron chi connectivity index (χ1n) is 12.8. The van der Waals surface area contributed by atoms with Crippen molar-refractivity contribution in [1.29, 1.82) is 0 Å². The van der Waals surface area contributed by atoms with Crippen LogP contribution in [0.15, 0.2) is 78.9 Å². The molecule has 1 heterocycles. The van der Waals surface area contributed by atoms with Crippen molar-refractivity contribution in [2.45, 2.75) is 26.8 Å². The van der Waals surface area contributed by atoms with Gasteiger partial charge in [-0.15, -0.1) is 0 Å². The van der Waals surface area contributed by atoms with E-state index in [-0.39, 0.29) is 24.3 Å². The Morgan fingerprint density at radius 3 is 2.11 bits per heavy atom. The maximum absolute atomic E-state index is 12.8. The zero-order valence-corrected chi connectivity index (χ0v) is 21.5. The molecular weight excluding hydrogens is 464 g/mol. The van der Waals surface area contributed by atoms with E-state index in [2.05, 4.69) is 10.2 Å². The zero-order valence-electron chi connectivity index (χ0n) is 21.5. The summed E-state index contributed by atoms with van der Waals surface area (Å²) in [6, 6.07) is 25.1. The Bertz CT molecular complexity index is 1200. The number of hydrogen-bond acceptors (Lipinski definition) is 4. The summed E-state index contributed by atoms with van der Waals surface area (Å²) in [5.41, 5.74) is 4.59. The Kier molecular flexibility index (Phi) is 8.56. The summed E-state index contributed by atoms with van der Waals surface area (Å²) in [4.78, 5) is 43.6. The average molecular weight is 499 g/mol. The topological polar surface area (TPSA) is 73.0 Å². The molecule has 1 aliphatic heterocycles. The van der Waals surface area contributed by atoms with Gasteiger partial charge in [0.2, 0.25) is 11.8 Å². The van der Waals surface area contributed by atoms with Gasteiger partial charge in [0.25, 0.3) is 5.91 Å². The van der Waals surface area contributed by atoms with E-state index in [0.717, 1.165) is 35.5 Å². The lowest BCUT2D eigenvalue weighted by atomic mass is 10.1. The third kappa shape index (κ3) is 6.97. The standard InChI is InChI=1S/C30H34N4O3/c1-3-29(36)34(21-24-7-5-4-6-8-24)22-28(35)31-26-13-15-27(16-14-26)32-17-19-33(20-18-32)30(37)25-11-9-23(2)10-12-25/h4-16H,3,17-22H2,1-2H3,(H,31,35). The molecule has 1 N–H and O–H groups in total. The Balaban J connectivity index is 1.29. The van der Waals surface area contributed by atoms with Crippen LogP contribution in [0, 0.1) is 6.92 Å². The van der Waals surface area contributed by atoms with Gasteiger partial charge in [-0.1, -0.05) is 55.0 Å². The van der Waals surface area contributed by atoms with Gasteiger partial charge in [0.1, 0.15) is 6.54 Å². The number of nitrogens with zero attached hydrogens (tertiary/aromatic N) is 3. The van der Waals surface area contributed by atoms with Crippen molar-refractivity contribution < 1.29 is 14.4 Å². The van der Waals surface area contributed by atoms with Gasteiger partial charge in [-0.05, 0) is 48.9 Å². The minimum atomic E-state index is -0.228. The van der Waals surface area contributed by atoms with Crippen LogP contribution in [-0.2, 0) is 16.1 Å². The summed E-state index contributed by atoms with van der Waals surface area (Å²) >= 11 is 0. The van der Waals surface area contributed by atoms with Gasteiger partial charge in [0.05, 0.1) is 0 Å². The van der Waals surface area contributed by atoms with E-state index in [1.807, 2.05) is 90.7 Å². The third-order valence-electron chi connectivity index (χ3n) is 6.59. The van der Waals surface area contributed by atoms with Gasteiger partial charge in [-0.25, -0.2) is 0 Å². The zero-order chi connectivity index (χ0) is 26.2. The first-order valence-corrected chi connectivity index (χ1v) is 12.8. The predicted molar refractivity (Wildman–Crippen MR) is 147 cm³/mol. The van der Waals surface area contributed by atoms with Crippen LogP contribution in [0.3, 0.4) is 0 Å². The number of nitrogens with one attached hydrogen (secondary N) is 1. The van der Waals surface area contributed by atoms with E-state index in [9.17, 15) is 14.4 Å². The lowest BCUT2D eigenvalue weighted by molar-refractivity contribution is -0.135. The molecule has 7 nitrogen and oxygen atoms in total. The van der Waals surface area contributed by atoms with Crippen LogP contribution in [-0.4, -0.2) is 60.2 Å². The Labute approximate surface area is 218 Å². The summed E-state index contributed by atoms with van der Waals surface area (Å²) in [7, 11) is 0. The number of benzene rings is 3. The Morgan fingerprint density at radius 2 is 1.49 bits per heavy atom. The third-order valence-corrected chi connectivity index (χ3v) is 6.59. The van der Waals surface area contributed by atoms with E-state index >= 15 is 0 Å². The van der Waals surface area contributed by atoms with Gasteiger partial charge < -0.3 is 20.0 Å². The van der Waals surface area contributed by atoms with Crippen molar-refractivity contribution in [1.82, 2.24) is 9.80 Å². The summed E-state index contributed by atoms with van der Waals surface area (Å²) in [6.07, 6.45) is 0.346. The van der Waals surface area contributed by atoms with E-state index in [0.29, 0.717) is 31.7 Å². The highest BCUT2D eigenvalue weighted by molar-refractivity contribution is 5.95. The second kappa shape index (κ2) is 12.2. The van der Waals surface area contributed by atoms with Crippen molar-refractivity contribution in [3.63, 3.8) is 0 Å². The number of carbonyl (C=O) groups is 3. The molecule has 3 aromatic carbocycles. The fourth-order valence-electron chi connectivity index (χ4n) is 4.44. The number of rotatable bonds is 8. The average Bonchev–Trinajstić information content (AvgIpc) is 2.93. The second-order valence-electron chi connectivity index (χ2n) is 9.33. The van der Waals surface area contributed by atoms with Crippen LogP contribution in [0.1, 0.15) is 34.8 Å². The molecule has 1 saturated heterocycles. The molecular formula is C30H34N4O3. The van der Waals surface area contributed by atoms with Crippen molar-refractivity contribution in [3.05, 3.63) is 95.6 Å². The van der Waals surface area contributed by atoms with Crippen molar-refractivity contribution >= 4 is 29.1 Å². The molecule has 0 unspecified atom stereocenters. The van der Waals surface area contributed by atoms with Crippen LogP contribution >= 0.6 is 0 Å². The van der Waals surface area contributed by atoms with E-state index in [1.54, 1.807) is 11.8 Å². The van der Waals surface area contributed by atoms with Gasteiger partial charge >= 0.3 is 0 Å². The largest absolute Gasteiger partial charge is 0.368 e. The molecule has 0 aromatic heterocycles. The molecule has 3 amide bonds. The van der Waals surface area contributed by atoms with Crippen molar-refractivity contribution in [2.75, 3.05) is 42.9 Å². The highest BCUT2D eigenvalue weighted by atomic mass is 16.2. The summed E-state index contributed by atoms with van der Waals surface area (Å²) in [5.74, 6) is -0.219. The molecule has 0 saturated carbocycles. The molecule has 4 rings (SSSR count). The molecule has 3 aromatic rings. The normalized spacial score (nSPS) is 13.2. The van der Waals surface area contributed by atoms with Gasteiger partial charge in [-0.2, -0.15) is 0 Å². The van der Waals surface area contributed by atoms with Crippen LogP contribution < -0.4 is 10.2 Å². The van der Waals surface area contributed by atoms with Crippen LogP contribution in [0.4, 0.5) is 11.4 Å². The highest BCUT2D eigenvalue weighted by Crippen LogP contribution is 2.20. The number of aryl methyl sites for hydroxylation is 1. The molecule has 1 fully saturated rings. The molecule has 192 valence electrons. The quantitative estimate of drug-likeness (QED) is 0.502.